The Labute approximate surface area is 140 Å². The predicted molar refractivity (Wildman–Crippen MR) is 89.0 cm³/mol. The number of furan rings is 1. The summed E-state index contributed by atoms with van der Waals surface area (Å²) >= 11 is 0. The van der Waals surface area contributed by atoms with Gasteiger partial charge < -0.3 is 14.8 Å². The molecule has 1 aliphatic carbocycles. The monoisotopic (exact) mass is 327 g/mol. The summed E-state index contributed by atoms with van der Waals surface area (Å²) in [4.78, 5) is 23.9. The van der Waals surface area contributed by atoms with E-state index in [1.807, 2.05) is 25.1 Å². The minimum absolute atomic E-state index is 0.0550. The molecule has 0 spiro atoms. The van der Waals surface area contributed by atoms with Crippen LogP contribution in [0.2, 0.25) is 0 Å². The number of aromatic carboxylic acids is 1. The Balaban J connectivity index is 1.76. The number of aryl methyl sites for hydroxylation is 2. The van der Waals surface area contributed by atoms with E-state index in [1.165, 1.54) is 11.6 Å². The number of amides is 1. The summed E-state index contributed by atoms with van der Waals surface area (Å²) in [5.74, 6) is -0.283. The van der Waals surface area contributed by atoms with Gasteiger partial charge in [0.1, 0.15) is 17.1 Å². The van der Waals surface area contributed by atoms with E-state index < -0.39 is 11.4 Å². The molecule has 0 aliphatic heterocycles. The number of hydrogen-bond acceptors (Lipinski definition) is 3. The molecule has 3 rings (SSSR count). The summed E-state index contributed by atoms with van der Waals surface area (Å²) in [6, 6.07) is 9.53. The highest BCUT2D eigenvalue weighted by Crippen LogP contribution is 2.37. The van der Waals surface area contributed by atoms with Crippen LogP contribution in [-0.2, 0) is 23.2 Å². The van der Waals surface area contributed by atoms with Gasteiger partial charge in [0.15, 0.2) is 0 Å². The SMILES string of the molecule is Cc1oc(CNC(=O)C2(C)CCCc3ccccc32)cc1C(=O)O. The van der Waals surface area contributed by atoms with Crippen LogP contribution in [0.5, 0.6) is 0 Å². The van der Waals surface area contributed by atoms with Crippen molar-refractivity contribution in [1.82, 2.24) is 5.32 Å². The lowest BCUT2D eigenvalue weighted by atomic mass is 9.70. The summed E-state index contributed by atoms with van der Waals surface area (Å²) in [6.45, 7) is 3.76. The number of hydrogen-bond donors (Lipinski definition) is 2. The van der Waals surface area contributed by atoms with Gasteiger partial charge in [0, 0.05) is 0 Å². The second-order valence-electron chi connectivity index (χ2n) is 6.51. The first-order valence-electron chi connectivity index (χ1n) is 8.11. The number of carbonyl (C=O) groups is 2. The van der Waals surface area contributed by atoms with Gasteiger partial charge in [0.2, 0.25) is 5.91 Å². The van der Waals surface area contributed by atoms with Crippen LogP contribution in [0.15, 0.2) is 34.7 Å². The Morgan fingerprint density at radius 2 is 2.08 bits per heavy atom. The molecule has 1 atom stereocenters. The van der Waals surface area contributed by atoms with E-state index in [2.05, 4.69) is 11.4 Å². The maximum Gasteiger partial charge on any atom is 0.339 e. The van der Waals surface area contributed by atoms with E-state index >= 15 is 0 Å². The lowest BCUT2D eigenvalue weighted by molar-refractivity contribution is -0.127. The van der Waals surface area contributed by atoms with Gasteiger partial charge >= 0.3 is 5.97 Å². The van der Waals surface area contributed by atoms with Crippen LogP contribution in [0.1, 0.15) is 52.8 Å². The van der Waals surface area contributed by atoms with E-state index in [4.69, 9.17) is 9.52 Å². The standard InChI is InChI=1S/C19H21NO4/c1-12-15(17(21)22)10-14(24-12)11-20-18(23)19(2)9-5-7-13-6-3-4-8-16(13)19/h3-4,6,8,10H,5,7,9,11H2,1-2H3,(H,20,23)(H,21,22). The number of carboxylic acid groups (broad SMARTS) is 1. The molecule has 1 aromatic carbocycles. The number of fused-ring (bicyclic) bond motifs is 1. The van der Waals surface area contributed by atoms with E-state index in [0.29, 0.717) is 11.5 Å². The van der Waals surface area contributed by atoms with Gasteiger partial charge in [-0.1, -0.05) is 24.3 Å². The molecule has 1 heterocycles. The van der Waals surface area contributed by atoms with E-state index in [0.717, 1.165) is 24.8 Å². The second-order valence-corrected chi connectivity index (χ2v) is 6.51. The maximum absolute atomic E-state index is 12.8. The maximum atomic E-state index is 12.8. The zero-order valence-corrected chi connectivity index (χ0v) is 13.9. The Hall–Kier alpha value is -2.56. The van der Waals surface area contributed by atoms with Gasteiger partial charge in [-0.3, -0.25) is 4.79 Å². The molecule has 0 saturated carbocycles. The van der Waals surface area contributed by atoms with Gasteiger partial charge in [-0.2, -0.15) is 0 Å². The topological polar surface area (TPSA) is 79.5 Å². The van der Waals surface area contributed by atoms with Crippen molar-refractivity contribution >= 4 is 11.9 Å². The van der Waals surface area contributed by atoms with E-state index in [1.54, 1.807) is 6.92 Å². The van der Waals surface area contributed by atoms with Crippen molar-refractivity contribution in [3.8, 4) is 0 Å². The summed E-state index contributed by atoms with van der Waals surface area (Å²) in [7, 11) is 0. The Bertz CT molecular complexity index is 792. The number of carboxylic acids is 1. The smallest absolute Gasteiger partial charge is 0.339 e. The molecule has 2 N–H and O–H groups in total. The number of benzene rings is 1. The third kappa shape index (κ3) is 2.82. The Kier molecular flexibility index (Phi) is 4.18. The first-order chi connectivity index (χ1) is 11.4. The highest BCUT2D eigenvalue weighted by atomic mass is 16.4. The van der Waals surface area contributed by atoms with Crippen molar-refractivity contribution in [2.45, 2.75) is 45.1 Å². The molecule has 0 fully saturated rings. The van der Waals surface area contributed by atoms with Gasteiger partial charge in [-0.15, -0.1) is 0 Å². The van der Waals surface area contributed by atoms with Crippen molar-refractivity contribution in [3.05, 3.63) is 58.5 Å². The largest absolute Gasteiger partial charge is 0.478 e. The van der Waals surface area contributed by atoms with Crippen molar-refractivity contribution < 1.29 is 19.1 Å². The van der Waals surface area contributed by atoms with Crippen LogP contribution < -0.4 is 5.32 Å². The van der Waals surface area contributed by atoms with Crippen LogP contribution in [0, 0.1) is 6.92 Å². The molecule has 0 saturated heterocycles. The number of carbonyl (C=O) groups excluding carboxylic acids is 1. The van der Waals surface area contributed by atoms with E-state index in [-0.39, 0.29) is 18.0 Å². The molecular formula is C19H21NO4. The van der Waals surface area contributed by atoms with E-state index in [9.17, 15) is 9.59 Å². The number of rotatable bonds is 4. The summed E-state index contributed by atoms with van der Waals surface area (Å²) in [6.07, 6.45) is 2.77. The van der Waals surface area contributed by atoms with Gasteiger partial charge in [-0.25, -0.2) is 4.79 Å². The lowest BCUT2D eigenvalue weighted by Crippen LogP contribution is -2.44. The normalized spacial score (nSPS) is 19.6. The molecule has 1 amide bonds. The summed E-state index contributed by atoms with van der Waals surface area (Å²) in [5, 5.41) is 12.0. The molecule has 2 aromatic rings. The second kappa shape index (κ2) is 6.15. The predicted octanol–water partition coefficient (Wildman–Crippen LogP) is 3.20. The first kappa shape index (κ1) is 16.3. The average Bonchev–Trinajstić information content (AvgIpc) is 2.94. The molecule has 1 aliphatic rings. The fourth-order valence-corrected chi connectivity index (χ4v) is 3.49. The van der Waals surface area contributed by atoms with Crippen LogP contribution in [-0.4, -0.2) is 17.0 Å². The highest BCUT2D eigenvalue weighted by Gasteiger charge is 2.38. The van der Waals surface area contributed by atoms with Gasteiger partial charge in [-0.05, 0) is 50.3 Å². The lowest BCUT2D eigenvalue weighted by Gasteiger charge is -2.34. The van der Waals surface area contributed by atoms with Crippen LogP contribution in [0.25, 0.3) is 0 Å². The minimum atomic E-state index is -1.03. The zero-order chi connectivity index (χ0) is 17.3. The molecule has 5 nitrogen and oxygen atoms in total. The zero-order valence-electron chi connectivity index (χ0n) is 13.9. The van der Waals surface area contributed by atoms with Crippen molar-refractivity contribution in [1.29, 1.82) is 0 Å². The van der Waals surface area contributed by atoms with Crippen LogP contribution >= 0.6 is 0 Å². The molecular weight excluding hydrogens is 306 g/mol. The average molecular weight is 327 g/mol. The molecule has 0 bridgehead atoms. The Morgan fingerprint density at radius 1 is 1.33 bits per heavy atom. The third-order valence-electron chi connectivity index (χ3n) is 4.86. The molecule has 24 heavy (non-hydrogen) atoms. The van der Waals surface area contributed by atoms with Gasteiger partial charge in [0.05, 0.1) is 12.0 Å². The van der Waals surface area contributed by atoms with Crippen molar-refractivity contribution in [2.24, 2.45) is 0 Å². The summed E-state index contributed by atoms with van der Waals surface area (Å²) < 4.78 is 5.42. The first-order valence-corrected chi connectivity index (χ1v) is 8.11. The number of nitrogens with one attached hydrogen (secondary N) is 1. The molecule has 5 heteroatoms. The minimum Gasteiger partial charge on any atom is -0.478 e. The summed E-state index contributed by atoms with van der Waals surface area (Å²) in [5.41, 5.74) is 1.87. The van der Waals surface area contributed by atoms with Gasteiger partial charge in [0.25, 0.3) is 0 Å². The molecule has 1 aromatic heterocycles. The fourth-order valence-electron chi connectivity index (χ4n) is 3.49. The Morgan fingerprint density at radius 3 is 2.79 bits per heavy atom. The molecule has 126 valence electrons. The molecule has 0 radical (unpaired) electrons. The van der Waals surface area contributed by atoms with Crippen LogP contribution in [0.3, 0.4) is 0 Å². The quantitative estimate of drug-likeness (QED) is 0.904. The fraction of sp³-hybridized carbons (Fsp3) is 0.368. The highest BCUT2D eigenvalue weighted by molar-refractivity contribution is 5.89. The molecule has 1 unspecified atom stereocenters. The van der Waals surface area contributed by atoms with Crippen LogP contribution in [0.4, 0.5) is 0 Å². The van der Waals surface area contributed by atoms with Crippen molar-refractivity contribution in [3.63, 3.8) is 0 Å². The third-order valence-corrected chi connectivity index (χ3v) is 4.86. The van der Waals surface area contributed by atoms with Crippen molar-refractivity contribution in [2.75, 3.05) is 0 Å².